The number of aryl methyl sites for hydroxylation is 2. The summed E-state index contributed by atoms with van der Waals surface area (Å²) >= 11 is 0. The number of hydrazone groups is 1. The first-order chi connectivity index (χ1) is 13.4. The molecule has 0 spiro atoms. The molecule has 1 aliphatic rings. The van der Waals surface area contributed by atoms with Gasteiger partial charge >= 0.3 is 10.1 Å². The van der Waals surface area contributed by atoms with Crippen LogP contribution in [0.15, 0.2) is 46.4 Å². The molecule has 2 aromatic carbocycles. The predicted octanol–water partition coefficient (Wildman–Crippen LogP) is 2.75. The zero-order valence-electron chi connectivity index (χ0n) is 16.2. The molecule has 0 saturated carbocycles. The van der Waals surface area contributed by atoms with Gasteiger partial charge in [0, 0.05) is 0 Å². The number of hydrogen-bond acceptors (Lipinski definition) is 7. The Hall–Kier alpha value is -2.58. The van der Waals surface area contributed by atoms with Gasteiger partial charge in [-0.15, -0.1) is 0 Å². The van der Waals surface area contributed by atoms with Crippen LogP contribution in [0.5, 0.6) is 11.5 Å². The Morgan fingerprint density at radius 1 is 1.07 bits per heavy atom. The van der Waals surface area contributed by atoms with E-state index in [0.29, 0.717) is 24.5 Å². The van der Waals surface area contributed by atoms with E-state index in [4.69, 9.17) is 13.7 Å². The number of nitrogens with zero attached hydrogens (tertiary/aromatic N) is 2. The maximum atomic E-state index is 12.7. The molecule has 0 amide bonds. The quantitative estimate of drug-likeness (QED) is 0.544. The van der Waals surface area contributed by atoms with Gasteiger partial charge < -0.3 is 13.7 Å². The summed E-state index contributed by atoms with van der Waals surface area (Å²) in [5.41, 5.74) is 2.24. The van der Waals surface area contributed by atoms with E-state index in [-0.39, 0.29) is 10.6 Å². The molecule has 0 unspecified atom stereocenters. The van der Waals surface area contributed by atoms with Crippen molar-refractivity contribution in [3.63, 3.8) is 0 Å². The monoisotopic (exact) mass is 404 g/mol. The van der Waals surface area contributed by atoms with E-state index in [1.54, 1.807) is 43.5 Å². The van der Waals surface area contributed by atoms with E-state index < -0.39 is 10.1 Å². The standard InChI is InChI=1S/C20H24N2O5S/c1-15-4-5-16(2)20(12-15)28(23,24)27-18-7-6-17(13-19(18)25-3)14-21-22-8-10-26-11-9-22/h4-7,12-14H,8-11H2,1-3H3/b21-14+. The van der Waals surface area contributed by atoms with Gasteiger partial charge in [-0.1, -0.05) is 12.1 Å². The van der Waals surface area contributed by atoms with E-state index in [1.165, 1.54) is 7.11 Å². The third-order valence-electron chi connectivity index (χ3n) is 4.36. The van der Waals surface area contributed by atoms with Crippen molar-refractivity contribution in [2.45, 2.75) is 18.7 Å². The van der Waals surface area contributed by atoms with Crippen molar-refractivity contribution in [1.29, 1.82) is 0 Å². The van der Waals surface area contributed by atoms with Crippen LogP contribution < -0.4 is 8.92 Å². The highest BCUT2D eigenvalue weighted by Gasteiger charge is 2.21. The summed E-state index contributed by atoms with van der Waals surface area (Å²) in [4.78, 5) is 0.146. The third kappa shape index (κ3) is 4.82. The van der Waals surface area contributed by atoms with Crippen molar-refractivity contribution in [3.05, 3.63) is 53.1 Å². The fraction of sp³-hybridized carbons (Fsp3) is 0.350. The molecule has 1 fully saturated rings. The number of hydrogen-bond donors (Lipinski definition) is 0. The molecule has 3 rings (SSSR count). The SMILES string of the molecule is COc1cc(/C=N/N2CCOCC2)ccc1OS(=O)(=O)c1cc(C)ccc1C. The van der Waals surface area contributed by atoms with Crippen molar-refractivity contribution >= 4 is 16.3 Å². The van der Waals surface area contributed by atoms with E-state index in [1.807, 2.05) is 18.0 Å². The van der Waals surface area contributed by atoms with Crippen LogP contribution in [-0.2, 0) is 14.9 Å². The smallest absolute Gasteiger partial charge is 0.339 e. The fourth-order valence-corrected chi connectivity index (χ4v) is 4.05. The zero-order valence-corrected chi connectivity index (χ0v) is 17.0. The second-order valence-corrected chi connectivity index (χ2v) is 8.04. The Labute approximate surface area is 165 Å². The minimum absolute atomic E-state index is 0.131. The molecule has 7 nitrogen and oxygen atoms in total. The summed E-state index contributed by atoms with van der Waals surface area (Å²) in [5, 5.41) is 6.34. The molecule has 0 radical (unpaired) electrons. The molecule has 2 aromatic rings. The van der Waals surface area contributed by atoms with E-state index in [0.717, 1.165) is 24.2 Å². The predicted molar refractivity (Wildman–Crippen MR) is 107 cm³/mol. The van der Waals surface area contributed by atoms with Gasteiger partial charge in [0.05, 0.1) is 39.6 Å². The van der Waals surface area contributed by atoms with Gasteiger partial charge in [0.25, 0.3) is 0 Å². The Morgan fingerprint density at radius 3 is 2.54 bits per heavy atom. The lowest BCUT2D eigenvalue weighted by Crippen LogP contribution is -2.32. The maximum Gasteiger partial charge on any atom is 0.339 e. The maximum absolute atomic E-state index is 12.7. The summed E-state index contributed by atoms with van der Waals surface area (Å²) in [6, 6.07) is 10.2. The first-order valence-corrected chi connectivity index (χ1v) is 10.4. The van der Waals surface area contributed by atoms with Crippen molar-refractivity contribution < 1.29 is 22.1 Å². The zero-order chi connectivity index (χ0) is 20.1. The summed E-state index contributed by atoms with van der Waals surface area (Å²) in [5.74, 6) is 0.451. The Bertz CT molecular complexity index is 967. The lowest BCUT2D eigenvalue weighted by molar-refractivity contribution is 0.0397. The largest absolute Gasteiger partial charge is 0.493 e. The highest BCUT2D eigenvalue weighted by atomic mass is 32.2. The Kier molecular flexibility index (Phi) is 6.21. The molecule has 8 heteroatoms. The van der Waals surface area contributed by atoms with Crippen molar-refractivity contribution in [2.75, 3.05) is 33.4 Å². The molecule has 1 aliphatic heterocycles. The highest BCUT2D eigenvalue weighted by Crippen LogP contribution is 2.31. The van der Waals surface area contributed by atoms with Gasteiger partial charge in [0.1, 0.15) is 4.90 Å². The molecule has 0 atom stereocenters. The minimum Gasteiger partial charge on any atom is -0.493 e. The van der Waals surface area contributed by atoms with E-state index >= 15 is 0 Å². The Balaban J connectivity index is 1.82. The molecule has 0 bridgehead atoms. The average molecular weight is 404 g/mol. The topological polar surface area (TPSA) is 77.4 Å². The lowest BCUT2D eigenvalue weighted by Gasteiger charge is -2.23. The number of methoxy groups -OCH3 is 1. The van der Waals surface area contributed by atoms with Crippen LogP contribution in [0.3, 0.4) is 0 Å². The molecule has 0 N–H and O–H groups in total. The van der Waals surface area contributed by atoms with Crippen molar-refractivity contribution in [2.24, 2.45) is 5.10 Å². The van der Waals surface area contributed by atoms with Gasteiger partial charge in [-0.3, -0.25) is 5.01 Å². The third-order valence-corrected chi connectivity index (χ3v) is 5.74. The van der Waals surface area contributed by atoms with Gasteiger partial charge in [-0.2, -0.15) is 13.5 Å². The van der Waals surface area contributed by atoms with Gasteiger partial charge in [0.2, 0.25) is 0 Å². The van der Waals surface area contributed by atoms with Crippen LogP contribution in [0.25, 0.3) is 0 Å². The fourth-order valence-electron chi connectivity index (χ4n) is 2.79. The Morgan fingerprint density at radius 2 is 1.82 bits per heavy atom. The first-order valence-electron chi connectivity index (χ1n) is 8.95. The van der Waals surface area contributed by atoms with Gasteiger partial charge in [-0.05, 0) is 54.8 Å². The van der Waals surface area contributed by atoms with Crippen molar-refractivity contribution in [3.8, 4) is 11.5 Å². The number of ether oxygens (including phenoxy) is 2. The average Bonchev–Trinajstić information content (AvgIpc) is 2.69. The van der Waals surface area contributed by atoms with Crippen LogP contribution in [-0.4, -0.2) is 53.1 Å². The van der Waals surface area contributed by atoms with Crippen LogP contribution in [0.4, 0.5) is 0 Å². The minimum atomic E-state index is -3.98. The molecule has 28 heavy (non-hydrogen) atoms. The molecule has 1 heterocycles. The number of morpholine rings is 1. The second kappa shape index (κ2) is 8.62. The van der Waals surface area contributed by atoms with Gasteiger partial charge in [0.15, 0.2) is 11.5 Å². The summed E-state index contributed by atoms with van der Waals surface area (Å²) in [6.07, 6.45) is 1.71. The number of benzene rings is 2. The van der Waals surface area contributed by atoms with Crippen molar-refractivity contribution in [1.82, 2.24) is 5.01 Å². The molecular weight excluding hydrogens is 380 g/mol. The van der Waals surface area contributed by atoms with Crippen LogP contribution >= 0.6 is 0 Å². The van der Waals surface area contributed by atoms with Crippen LogP contribution in [0, 0.1) is 13.8 Å². The lowest BCUT2D eigenvalue weighted by atomic mass is 10.2. The number of rotatable bonds is 6. The van der Waals surface area contributed by atoms with Crippen LogP contribution in [0.2, 0.25) is 0 Å². The van der Waals surface area contributed by atoms with Crippen LogP contribution in [0.1, 0.15) is 16.7 Å². The molecular formula is C20H24N2O5S. The molecule has 150 valence electrons. The van der Waals surface area contributed by atoms with E-state index in [9.17, 15) is 8.42 Å². The molecule has 1 saturated heterocycles. The summed E-state index contributed by atoms with van der Waals surface area (Å²) < 4.78 is 41.5. The van der Waals surface area contributed by atoms with Gasteiger partial charge in [-0.25, -0.2) is 0 Å². The molecule has 0 aliphatic carbocycles. The summed E-state index contributed by atoms with van der Waals surface area (Å²) in [6.45, 7) is 6.36. The second-order valence-electron chi connectivity index (χ2n) is 6.53. The normalized spacial score (nSPS) is 15.0. The first kappa shape index (κ1) is 20.2. The summed E-state index contributed by atoms with van der Waals surface area (Å²) in [7, 11) is -2.51. The molecule has 0 aromatic heterocycles. The van der Waals surface area contributed by atoms with E-state index in [2.05, 4.69) is 5.10 Å². The highest BCUT2D eigenvalue weighted by molar-refractivity contribution is 7.87.